The summed E-state index contributed by atoms with van der Waals surface area (Å²) in [4.78, 5) is 49.3. The predicted molar refractivity (Wildman–Crippen MR) is 111 cm³/mol. The summed E-state index contributed by atoms with van der Waals surface area (Å²) in [6.07, 6.45) is 3.59. The van der Waals surface area contributed by atoms with Crippen molar-refractivity contribution >= 4 is 23.8 Å². The summed E-state index contributed by atoms with van der Waals surface area (Å²) in [6, 6.07) is 0. The van der Waals surface area contributed by atoms with Gasteiger partial charge in [-0.05, 0) is 51.4 Å². The largest absolute Gasteiger partial charge is 0.481 e. The summed E-state index contributed by atoms with van der Waals surface area (Å²) >= 11 is 0. The highest BCUT2D eigenvalue weighted by atomic mass is 16.4. The van der Waals surface area contributed by atoms with Gasteiger partial charge in [0, 0.05) is 13.1 Å². The standard InChI is InChI=1S/C22H34N2O8/c25-13-5-6-15(16(11-13)19(28)29)18(27)23-9-3-1-2-4-10-24-21(32)22(24)8-7-14(26)12-17(22)20(30)31/h13-17,25-26H,1-12H2,(H,23,27)(H,28,29)(H,30,31). The average molecular weight is 455 g/mol. The van der Waals surface area contributed by atoms with E-state index >= 15 is 0 Å². The Labute approximate surface area is 187 Å². The van der Waals surface area contributed by atoms with Crippen LogP contribution in [0.4, 0.5) is 0 Å². The fourth-order valence-electron chi connectivity index (χ4n) is 5.48. The molecule has 0 aromatic carbocycles. The number of rotatable bonds is 10. The zero-order chi connectivity index (χ0) is 23.5. The summed E-state index contributed by atoms with van der Waals surface area (Å²) in [5.74, 6) is -4.82. The van der Waals surface area contributed by atoms with Crippen LogP contribution in [0.2, 0.25) is 0 Å². The van der Waals surface area contributed by atoms with E-state index in [0.29, 0.717) is 38.8 Å². The van der Waals surface area contributed by atoms with Crippen LogP contribution in [0.15, 0.2) is 0 Å². The highest BCUT2D eigenvalue weighted by molar-refractivity contribution is 6.06. The smallest absolute Gasteiger partial charge is 0.309 e. The molecule has 32 heavy (non-hydrogen) atoms. The first-order valence-corrected chi connectivity index (χ1v) is 11.6. The van der Waals surface area contributed by atoms with Crippen molar-refractivity contribution in [2.75, 3.05) is 13.1 Å². The maximum Gasteiger partial charge on any atom is 0.309 e. The van der Waals surface area contributed by atoms with Crippen molar-refractivity contribution in [3.63, 3.8) is 0 Å². The number of hydrogen-bond acceptors (Lipinski definition) is 6. The van der Waals surface area contributed by atoms with E-state index in [2.05, 4.69) is 5.32 Å². The maximum atomic E-state index is 12.4. The van der Waals surface area contributed by atoms with Crippen molar-refractivity contribution in [1.29, 1.82) is 0 Å². The number of aliphatic hydroxyl groups is 2. The number of unbranched alkanes of at least 4 members (excludes halogenated alkanes) is 3. The van der Waals surface area contributed by atoms with Crippen molar-refractivity contribution in [2.45, 2.75) is 82.0 Å². The Kier molecular flexibility index (Phi) is 7.76. The molecule has 1 saturated heterocycles. The molecule has 6 atom stereocenters. The van der Waals surface area contributed by atoms with Crippen LogP contribution in [0.3, 0.4) is 0 Å². The van der Waals surface area contributed by atoms with Gasteiger partial charge in [-0.15, -0.1) is 0 Å². The van der Waals surface area contributed by atoms with Crippen molar-refractivity contribution < 1.29 is 39.6 Å². The third kappa shape index (κ3) is 5.06. The van der Waals surface area contributed by atoms with E-state index in [1.54, 1.807) is 4.90 Å². The second kappa shape index (κ2) is 10.2. The minimum absolute atomic E-state index is 0.103. The molecule has 2 saturated carbocycles. The van der Waals surface area contributed by atoms with Crippen LogP contribution in [0.25, 0.3) is 0 Å². The lowest BCUT2D eigenvalue weighted by Gasteiger charge is -2.30. The number of aliphatic hydroxyl groups excluding tert-OH is 2. The van der Waals surface area contributed by atoms with Crippen molar-refractivity contribution in [3.05, 3.63) is 0 Å². The quantitative estimate of drug-likeness (QED) is 0.233. The van der Waals surface area contributed by atoms with E-state index in [1.807, 2.05) is 0 Å². The van der Waals surface area contributed by atoms with Crippen LogP contribution < -0.4 is 5.32 Å². The van der Waals surface area contributed by atoms with Gasteiger partial charge in [-0.25, -0.2) is 0 Å². The lowest BCUT2D eigenvalue weighted by Crippen LogP contribution is -2.43. The van der Waals surface area contributed by atoms with Gasteiger partial charge in [-0.1, -0.05) is 12.8 Å². The molecule has 3 rings (SSSR count). The second-order valence-corrected chi connectivity index (χ2v) is 9.42. The van der Waals surface area contributed by atoms with Crippen LogP contribution >= 0.6 is 0 Å². The second-order valence-electron chi connectivity index (χ2n) is 9.42. The van der Waals surface area contributed by atoms with Gasteiger partial charge in [-0.3, -0.25) is 19.2 Å². The van der Waals surface area contributed by atoms with E-state index in [4.69, 9.17) is 0 Å². The maximum absolute atomic E-state index is 12.4. The Bertz CT molecular complexity index is 743. The van der Waals surface area contributed by atoms with Gasteiger partial charge in [-0.2, -0.15) is 0 Å². The minimum atomic E-state index is -1.05. The third-order valence-electron chi connectivity index (χ3n) is 7.37. The molecule has 2 aliphatic carbocycles. The van der Waals surface area contributed by atoms with Gasteiger partial charge in [0.05, 0.1) is 30.0 Å². The summed E-state index contributed by atoms with van der Waals surface area (Å²) in [5, 5.41) is 41.0. The van der Waals surface area contributed by atoms with Gasteiger partial charge in [0.15, 0.2) is 0 Å². The van der Waals surface area contributed by atoms with E-state index in [0.717, 1.165) is 25.7 Å². The molecule has 0 aromatic rings. The first-order chi connectivity index (χ1) is 15.2. The molecule has 0 bridgehead atoms. The van der Waals surface area contributed by atoms with Gasteiger partial charge in [0.2, 0.25) is 11.8 Å². The van der Waals surface area contributed by atoms with Crippen molar-refractivity contribution in [1.82, 2.24) is 10.2 Å². The Hall–Kier alpha value is -2.20. The van der Waals surface area contributed by atoms with Crippen molar-refractivity contribution in [3.8, 4) is 0 Å². The molecule has 0 radical (unpaired) electrons. The first kappa shape index (κ1) is 24.4. The van der Waals surface area contributed by atoms with Crippen molar-refractivity contribution in [2.24, 2.45) is 17.8 Å². The number of amides is 2. The number of hydrogen-bond donors (Lipinski definition) is 5. The minimum Gasteiger partial charge on any atom is -0.481 e. The fourth-order valence-corrected chi connectivity index (χ4v) is 5.48. The van der Waals surface area contributed by atoms with Crippen LogP contribution in [-0.2, 0) is 19.2 Å². The van der Waals surface area contributed by atoms with Crippen LogP contribution in [0, 0.1) is 17.8 Å². The van der Waals surface area contributed by atoms with E-state index in [-0.39, 0.29) is 24.7 Å². The average Bonchev–Trinajstić information content (AvgIpc) is 3.30. The Morgan fingerprint density at radius 2 is 1.59 bits per heavy atom. The van der Waals surface area contributed by atoms with E-state index < -0.39 is 47.4 Å². The summed E-state index contributed by atoms with van der Waals surface area (Å²) in [5.41, 5.74) is -0.937. The summed E-state index contributed by atoms with van der Waals surface area (Å²) < 4.78 is 0. The molecular formula is C22H34N2O8. The first-order valence-electron chi connectivity index (χ1n) is 11.6. The zero-order valence-electron chi connectivity index (χ0n) is 18.2. The van der Waals surface area contributed by atoms with Gasteiger partial charge >= 0.3 is 11.9 Å². The fraction of sp³-hybridized carbons (Fsp3) is 0.818. The molecular weight excluding hydrogens is 420 g/mol. The predicted octanol–water partition coefficient (Wildman–Crippen LogP) is 0.351. The third-order valence-corrected chi connectivity index (χ3v) is 7.37. The Morgan fingerprint density at radius 3 is 2.28 bits per heavy atom. The number of carboxylic acid groups (broad SMARTS) is 2. The normalized spacial score (nSPS) is 34.4. The molecule has 10 heteroatoms. The molecule has 180 valence electrons. The van der Waals surface area contributed by atoms with Gasteiger partial charge in [0.1, 0.15) is 5.54 Å². The summed E-state index contributed by atoms with van der Waals surface area (Å²) in [7, 11) is 0. The molecule has 0 aromatic heterocycles. The van der Waals surface area contributed by atoms with Gasteiger partial charge < -0.3 is 30.6 Å². The Balaban J connectivity index is 1.33. The number of carbonyl (C=O) groups excluding carboxylic acids is 2. The highest BCUT2D eigenvalue weighted by Crippen LogP contribution is 2.50. The topological polar surface area (TPSA) is 164 Å². The molecule has 1 heterocycles. The Morgan fingerprint density at radius 1 is 0.906 bits per heavy atom. The van der Waals surface area contributed by atoms with E-state index in [9.17, 15) is 39.6 Å². The monoisotopic (exact) mass is 454 g/mol. The van der Waals surface area contributed by atoms with Crippen LogP contribution in [0.1, 0.15) is 64.2 Å². The van der Waals surface area contributed by atoms with E-state index in [1.165, 1.54) is 0 Å². The lowest BCUT2D eigenvalue weighted by atomic mass is 9.77. The molecule has 3 fully saturated rings. The SMILES string of the molecule is O=C(O)C1CC(O)CCC1C(=O)NCCCCCCN1C(=O)C12CCC(O)CC2C(=O)O. The number of carboxylic acids is 2. The zero-order valence-corrected chi connectivity index (χ0v) is 18.2. The van der Waals surface area contributed by atoms with Gasteiger partial charge in [0.25, 0.3) is 0 Å². The molecule has 1 aliphatic heterocycles. The highest BCUT2D eigenvalue weighted by Gasteiger charge is 2.69. The number of nitrogens with zero attached hydrogens (tertiary/aromatic N) is 1. The molecule has 6 unspecified atom stereocenters. The van der Waals surface area contributed by atoms with Crippen LogP contribution in [0.5, 0.6) is 0 Å². The number of nitrogens with one attached hydrogen (secondary N) is 1. The summed E-state index contributed by atoms with van der Waals surface area (Å²) in [6.45, 7) is 0.936. The lowest BCUT2D eigenvalue weighted by molar-refractivity contribution is -0.151. The number of aliphatic carboxylic acids is 2. The molecule has 3 aliphatic rings. The molecule has 2 amide bonds. The molecule has 1 spiro atoms. The molecule has 5 N–H and O–H groups in total. The van der Waals surface area contributed by atoms with Crippen LogP contribution in [-0.4, -0.2) is 79.9 Å². The molecule has 10 nitrogen and oxygen atoms in total. The number of carbonyl (C=O) groups is 4.